The molecule has 0 unspecified atom stereocenters. The van der Waals surface area contributed by atoms with Gasteiger partial charge in [-0.1, -0.05) is 24.3 Å². The predicted molar refractivity (Wildman–Crippen MR) is 108 cm³/mol. The maximum absolute atomic E-state index is 13.4. The van der Waals surface area contributed by atoms with Crippen LogP contribution in [-0.2, 0) is 33.7 Å². The number of amides is 2. The number of nitrogens with zero attached hydrogens (tertiary/aromatic N) is 3. The van der Waals surface area contributed by atoms with Crippen molar-refractivity contribution in [2.75, 3.05) is 20.7 Å². The van der Waals surface area contributed by atoms with Gasteiger partial charge in [-0.15, -0.1) is 0 Å². The molecule has 1 aliphatic carbocycles. The lowest BCUT2D eigenvalue weighted by Crippen LogP contribution is -2.53. The van der Waals surface area contributed by atoms with E-state index in [0.29, 0.717) is 6.54 Å². The molecule has 1 saturated heterocycles. The van der Waals surface area contributed by atoms with Gasteiger partial charge in [0, 0.05) is 19.8 Å². The fraction of sp³-hybridized carbons (Fsp3) is 0.500. The van der Waals surface area contributed by atoms with Crippen molar-refractivity contribution in [3.8, 4) is 0 Å². The number of carbonyl (C=O) groups excluding carboxylic acids is 2. The lowest BCUT2D eigenvalue weighted by molar-refractivity contribution is -0.167. The number of rotatable bonds is 4. The Hall–Kier alpha value is -2.67. The minimum absolute atomic E-state index is 0.0824. The van der Waals surface area contributed by atoms with Gasteiger partial charge in [0.2, 0.25) is 5.91 Å². The zero-order valence-corrected chi connectivity index (χ0v) is 17.3. The Morgan fingerprint density at radius 3 is 2.86 bits per heavy atom. The highest BCUT2D eigenvalue weighted by Gasteiger charge is 2.41. The number of carbonyl (C=O) groups is 2. The normalized spacial score (nSPS) is 21.8. The van der Waals surface area contributed by atoms with Crippen LogP contribution in [0.25, 0.3) is 0 Å². The second-order valence-electron chi connectivity index (χ2n) is 8.07. The summed E-state index contributed by atoms with van der Waals surface area (Å²) >= 11 is 0. The van der Waals surface area contributed by atoms with E-state index in [0.717, 1.165) is 36.1 Å². The smallest absolute Gasteiger partial charge is 0.254 e. The summed E-state index contributed by atoms with van der Waals surface area (Å²) in [6.07, 6.45) is 3.63. The molecule has 2 atom stereocenters. The molecule has 2 aliphatic rings. The third-order valence-corrected chi connectivity index (χ3v) is 6.14. The molecule has 29 heavy (non-hydrogen) atoms. The van der Waals surface area contributed by atoms with E-state index in [9.17, 15) is 9.59 Å². The number of H-pyrrole nitrogens is 1. The van der Waals surface area contributed by atoms with Gasteiger partial charge in [0.15, 0.2) is 6.10 Å². The fourth-order valence-corrected chi connectivity index (χ4v) is 4.41. The first kappa shape index (κ1) is 19.6. The number of benzene rings is 1. The molecule has 1 aromatic heterocycles. The van der Waals surface area contributed by atoms with Gasteiger partial charge in [-0.25, -0.2) is 0 Å². The van der Waals surface area contributed by atoms with Crippen molar-refractivity contribution in [1.82, 2.24) is 20.0 Å². The van der Waals surface area contributed by atoms with Crippen LogP contribution in [0.5, 0.6) is 0 Å². The largest absolute Gasteiger partial charge is 0.356 e. The minimum atomic E-state index is -0.737. The Morgan fingerprint density at radius 2 is 2.07 bits per heavy atom. The first-order valence-electron chi connectivity index (χ1n) is 10.2. The average Bonchev–Trinajstić information content (AvgIpc) is 3.13. The van der Waals surface area contributed by atoms with Crippen LogP contribution in [-0.4, -0.2) is 58.6 Å². The van der Waals surface area contributed by atoms with Gasteiger partial charge in [0.1, 0.15) is 6.61 Å². The zero-order valence-electron chi connectivity index (χ0n) is 17.3. The topological polar surface area (TPSA) is 78.5 Å². The molecule has 0 radical (unpaired) electrons. The molecule has 154 valence electrons. The van der Waals surface area contributed by atoms with Crippen LogP contribution < -0.4 is 0 Å². The van der Waals surface area contributed by atoms with Crippen molar-refractivity contribution >= 4 is 11.8 Å². The Morgan fingerprint density at radius 1 is 1.31 bits per heavy atom. The predicted octanol–water partition coefficient (Wildman–Crippen LogP) is 2.15. The summed E-state index contributed by atoms with van der Waals surface area (Å²) in [6, 6.07) is 7.39. The van der Waals surface area contributed by atoms with E-state index >= 15 is 0 Å². The van der Waals surface area contributed by atoms with Gasteiger partial charge >= 0.3 is 0 Å². The molecule has 0 saturated carbocycles. The van der Waals surface area contributed by atoms with E-state index in [-0.39, 0.29) is 18.4 Å². The third kappa shape index (κ3) is 3.67. The summed E-state index contributed by atoms with van der Waals surface area (Å²) in [5.74, 6) is -0.253. The number of likely N-dealkylation sites (N-methyl/N-ethyl adjacent to an activating group) is 2. The van der Waals surface area contributed by atoms with Crippen molar-refractivity contribution in [1.29, 1.82) is 0 Å². The second-order valence-corrected chi connectivity index (χ2v) is 8.07. The number of nitrogens with one attached hydrogen (secondary N) is 1. The summed E-state index contributed by atoms with van der Waals surface area (Å²) < 4.78 is 5.79. The number of aromatic nitrogens is 2. The van der Waals surface area contributed by atoms with Crippen LogP contribution in [0.3, 0.4) is 0 Å². The monoisotopic (exact) mass is 396 g/mol. The lowest BCUT2D eigenvalue weighted by Gasteiger charge is -2.40. The molecule has 7 nitrogen and oxygen atoms in total. The number of hydrogen-bond donors (Lipinski definition) is 1. The molecular weight excluding hydrogens is 368 g/mol. The molecule has 2 amide bonds. The van der Waals surface area contributed by atoms with Crippen LogP contribution in [0.4, 0.5) is 0 Å². The Labute approximate surface area is 171 Å². The lowest BCUT2D eigenvalue weighted by atomic mass is 9.93. The van der Waals surface area contributed by atoms with Crippen LogP contribution in [0, 0.1) is 6.92 Å². The highest BCUT2D eigenvalue weighted by Crippen LogP contribution is 2.32. The van der Waals surface area contributed by atoms with E-state index in [1.54, 1.807) is 23.9 Å². The van der Waals surface area contributed by atoms with Crippen molar-refractivity contribution in [3.63, 3.8) is 0 Å². The molecule has 7 heteroatoms. The van der Waals surface area contributed by atoms with E-state index in [2.05, 4.69) is 10.2 Å². The zero-order chi connectivity index (χ0) is 20.5. The summed E-state index contributed by atoms with van der Waals surface area (Å²) in [4.78, 5) is 29.0. The Kier molecular flexibility index (Phi) is 5.41. The molecular formula is C22H28N4O3. The fourth-order valence-electron chi connectivity index (χ4n) is 4.41. The molecule has 1 aliphatic heterocycles. The molecule has 1 aromatic carbocycles. The van der Waals surface area contributed by atoms with Crippen molar-refractivity contribution in [2.24, 2.45) is 0 Å². The molecule has 2 heterocycles. The van der Waals surface area contributed by atoms with Crippen molar-refractivity contribution in [3.05, 3.63) is 52.3 Å². The Bertz CT molecular complexity index is 923. The van der Waals surface area contributed by atoms with Gasteiger partial charge in [0.25, 0.3) is 5.91 Å². The number of morpholine rings is 1. The summed E-state index contributed by atoms with van der Waals surface area (Å²) in [6.45, 7) is 2.34. The number of aromatic amines is 1. The van der Waals surface area contributed by atoms with Crippen molar-refractivity contribution < 1.29 is 14.3 Å². The highest BCUT2D eigenvalue weighted by atomic mass is 16.5. The minimum Gasteiger partial charge on any atom is -0.356 e. The van der Waals surface area contributed by atoms with E-state index in [1.807, 2.05) is 31.2 Å². The summed E-state index contributed by atoms with van der Waals surface area (Å²) in [5.41, 5.74) is 5.35. The highest BCUT2D eigenvalue weighted by molar-refractivity contribution is 5.86. The van der Waals surface area contributed by atoms with E-state index in [1.165, 1.54) is 17.7 Å². The van der Waals surface area contributed by atoms with E-state index < -0.39 is 12.1 Å². The molecule has 2 aromatic rings. The molecule has 1 fully saturated rings. The Balaban J connectivity index is 1.58. The maximum Gasteiger partial charge on any atom is 0.254 e. The summed E-state index contributed by atoms with van der Waals surface area (Å²) in [7, 11) is 3.52. The van der Waals surface area contributed by atoms with Crippen LogP contribution in [0.1, 0.15) is 47.0 Å². The summed E-state index contributed by atoms with van der Waals surface area (Å²) in [5, 5.41) is 7.59. The van der Waals surface area contributed by atoms with Gasteiger partial charge in [-0.05, 0) is 49.3 Å². The van der Waals surface area contributed by atoms with Gasteiger partial charge in [0.05, 0.1) is 18.3 Å². The molecule has 0 bridgehead atoms. The molecule has 0 spiro atoms. The molecule has 1 N–H and O–H groups in total. The quantitative estimate of drug-likeness (QED) is 0.859. The average molecular weight is 396 g/mol. The standard InChI is InChI=1S/C22H28N4O3/c1-14-8-4-5-9-15(14)20-21(29-13-19(27)26(20)3)22(28)25(2)12-18-16-10-6-7-11-17(16)23-24-18/h4-5,8-9,20-21H,6-7,10-13H2,1-3H3,(H,23,24)/t20-,21+/m1/s1. The number of ether oxygens (including phenoxy) is 1. The first-order chi connectivity index (χ1) is 14.0. The number of aryl methyl sites for hydroxylation is 2. The second kappa shape index (κ2) is 7.99. The van der Waals surface area contributed by atoms with Crippen LogP contribution in [0.2, 0.25) is 0 Å². The van der Waals surface area contributed by atoms with Gasteiger partial charge < -0.3 is 14.5 Å². The van der Waals surface area contributed by atoms with Crippen molar-refractivity contribution in [2.45, 2.75) is 51.3 Å². The third-order valence-electron chi connectivity index (χ3n) is 6.14. The number of hydrogen-bond acceptors (Lipinski definition) is 4. The SMILES string of the molecule is Cc1ccccc1[C@@H]1[C@@H](C(=O)N(C)Cc2n[nH]c3c2CCCC3)OCC(=O)N1C. The van der Waals surface area contributed by atoms with E-state index in [4.69, 9.17) is 4.74 Å². The van der Waals surface area contributed by atoms with Crippen LogP contribution >= 0.6 is 0 Å². The van der Waals surface area contributed by atoms with Gasteiger partial charge in [-0.3, -0.25) is 14.7 Å². The number of fused-ring (bicyclic) bond motifs is 1. The molecule has 4 rings (SSSR count). The van der Waals surface area contributed by atoms with Crippen LogP contribution in [0.15, 0.2) is 24.3 Å². The van der Waals surface area contributed by atoms with Gasteiger partial charge in [-0.2, -0.15) is 5.10 Å². The maximum atomic E-state index is 13.4. The first-order valence-corrected chi connectivity index (χ1v) is 10.2.